The minimum absolute atomic E-state index is 0.719. The third-order valence-electron chi connectivity index (χ3n) is 7.01. The van der Waals surface area contributed by atoms with Crippen molar-refractivity contribution < 1.29 is 9.13 Å². The zero-order valence-corrected chi connectivity index (χ0v) is 17.0. The summed E-state index contributed by atoms with van der Waals surface area (Å²) in [6, 6.07) is 8.89. The number of ether oxygens (including phenoxy) is 1. The van der Waals surface area contributed by atoms with E-state index in [1.54, 1.807) is 6.08 Å². The Morgan fingerprint density at radius 1 is 0.926 bits per heavy atom. The van der Waals surface area contributed by atoms with Crippen LogP contribution in [0, 0.1) is 17.8 Å². The lowest BCUT2D eigenvalue weighted by atomic mass is 9.68. The van der Waals surface area contributed by atoms with Gasteiger partial charge in [-0.25, -0.2) is 4.39 Å². The maximum Gasteiger partial charge on any atom is 0.119 e. The van der Waals surface area contributed by atoms with Crippen LogP contribution in [-0.2, 0) is 0 Å². The SMILES string of the molecule is CCCCOc1ccc([C@H]2CC[C@H]([C@H]3CC[C@H](CC=CF)CC3)CC2)cc1. The minimum Gasteiger partial charge on any atom is -0.494 e. The molecule has 0 heterocycles. The zero-order valence-electron chi connectivity index (χ0n) is 17.0. The molecule has 1 nitrogen and oxygen atoms in total. The number of unbranched alkanes of at least 4 members (excludes halogenated alkanes) is 1. The molecule has 2 aliphatic carbocycles. The summed E-state index contributed by atoms with van der Waals surface area (Å²) in [5.74, 6) is 4.32. The Kier molecular flexibility index (Phi) is 8.23. The molecule has 1 aromatic carbocycles. The first kappa shape index (κ1) is 20.4. The molecule has 0 spiro atoms. The molecule has 27 heavy (non-hydrogen) atoms. The van der Waals surface area contributed by atoms with Crippen LogP contribution in [-0.4, -0.2) is 6.61 Å². The van der Waals surface area contributed by atoms with Gasteiger partial charge in [-0.3, -0.25) is 0 Å². The van der Waals surface area contributed by atoms with Crippen LogP contribution < -0.4 is 4.74 Å². The van der Waals surface area contributed by atoms with Crippen LogP contribution in [0.15, 0.2) is 36.7 Å². The van der Waals surface area contributed by atoms with Gasteiger partial charge in [0.15, 0.2) is 0 Å². The number of rotatable bonds is 8. The highest BCUT2D eigenvalue weighted by Crippen LogP contribution is 2.44. The average Bonchev–Trinajstić information content (AvgIpc) is 2.73. The number of hydrogen-bond acceptors (Lipinski definition) is 1. The highest BCUT2D eigenvalue weighted by molar-refractivity contribution is 5.29. The molecule has 1 aromatic rings. The maximum absolute atomic E-state index is 12.2. The number of halogens is 1. The first-order valence-electron chi connectivity index (χ1n) is 11.3. The molecule has 0 aromatic heterocycles. The zero-order chi connectivity index (χ0) is 18.9. The summed E-state index contributed by atoms with van der Waals surface area (Å²) >= 11 is 0. The van der Waals surface area contributed by atoms with Crippen molar-refractivity contribution in [3.05, 3.63) is 42.2 Å². The van der Waals surface area contributed by atoms with Crippen molar-refractivity contribution >= 4 is 0 Å². The van der Waals surface area contributed by atoms with E-state index in [1.807, 2.05) is 0 Å². The fraction of sp³-hybridized carbons (Fsp3) is 0.680. The molecule has 2 saturated carbocycles. The van der Waals surface area contributed by atoms with Gasteiger partial charge in [-0.1, -0.05) is 31.6 Å². The maximum atomic E-state index is 12.2. The minimum atomic E-state index is 0.719. The highest BCUT2D eigenvalue weighted by atomic mass is 19.1. The molecule has 2 fully saturated rings. The Morgan fingerprint density at radius 3 is 2.15 bits per heavy atom. The fourth-order valence-electron chi connectivity index (χ4n) is 5.23. The van der Waals surface area contributed by atoms with Gasteiger partial charge in [-0.15, -0.1) is 0 Å². The van der Waals surface area contributed by atoms with E-state index in [4.69, 9.17) is 4.74 Å². The molecule has 0 aliphatic heterocycles. The third-order valence-corrected chi connectivity index (χ3v) is 7.01. The van der Waals surface area contributed by atoms with Crippen molar-refractivity contribution in [2.24, 2.45) is 17.8 Å². The van der Waals surface area contributed by atoms with Gasteiger partial charge in [0.2, 0.25) is 0 Å². The smallest absolute Gasteiger partial charge is 0.119 e. The molecular formula is C25H37FO. The summed E-state index contributed by atoms with van der Waals surface area (Å²) in [4.78, 5) is 0. The first-order valence-corrected chi connectivity index (χ1v) is 11.3. The van der Waals surface area contributed by atoms with E-state index in [9.17, 15) is 4.39 Å². The number of benzene rings is 1. The quantitative estimate of drug-likeness (QED) is 0.423. The van der Waals surface area contributed by atoms with Gasteiger partial charge < -0.3 is 4.74 Å². The third kappa shape index (κ3) is 6.09. The Hall–Kier alpha value is -1.31. The highest BCUT2D eigenvalue weighted by Gasteiger charge is 2.31. The summed E-state index contributed by atoms with van der Waals surface area (Å²) < 4.78 is 18.0. The van der Waals surface area contributed by atoms with Crippen molar-refractivity contribution in [3.63, 3.8) is 0 Å². The predicted octanol–water partition coefficient (Wildman–Crippen LogP) is 7.82. The van der Waals surface area contributed by atoms with Gasteiger partial charge in [0.25, 0.3) is 0 Å². The molecule has 0 bridgehead atoms. The lowest BCUT2D eigenvalue weighted by Gasteiger charge is -2.38. The molecule has 0 saturated heterocycles. The van der Waals surface area contributed by atoms with Gasteiger partial charge in [-0.2, -0.15) is 0 Å². The van der Waals surface area contributed by atoms with E-state index in [0.717, 1.165) is 55.2 Å². The van der Waals surface area contributed by atoms with Crippen LogP contribution in [0.2, 0.25) is 0 Å². The number of allylic oxidation sites excluding steroid dienone is 1. The Bertz CT molecular complexity index is 548. The Balaban J connectivity index is 1.41. The van der Waals surface area contributed by atoms with Crippen molar-refractivity contribution in [2.45, 2.75) is 83.5 Å². The standard InChI is InChI=1S/C25H37FO/c1-2-3-19-27-25-16-14-24(15-17-25)23-12-10-22(11-13-23)21-8-6-20(7-9-21)5-4-18-26/h4,14-18,20-23H,2-3,5-13,19H2,1H3/t20-,21-,22-,23-. The van der Waals surface area contributed by atoms with Gasteiger partial charge in [0, 0.05) is 0 Å². The van der Waals surface area contributed by atoms with Crippen LogP contribution >= 0.6 is 0 Å². The van der Waals surface area contributed by atoms with Crippen LogP contribution in [0.3, 0.4) is 0 Å². The molecule has 3 rings (SSSR count). The topological polar surface area (TPSA) is 9.23 Å². The van der Waals surface area contributed by atoms with Gasteiger partial charge in [0.1, 0.15) is 5.75 Å². The van der Waals surface area contributed by atoms with E-state index in [-0.39, 0.29) is 0 Å². The van der Waals surface area contributed by atoms with E-state index < -0.39 is 0 Å². The predicted molar refractivity (Wildman–Crippen MR) is 112 cm³/mol. The van der Waals surface area contributed by atoms with Crippen LogP contribution in [0.4, 0.5) is 4.39 Å². The fourth-order valence-corrected chi connectivity index (χ4v) is 5.23. The monoisotopic (exact) mass is 372 g/mol. The Labute approximate surface area is 165 Å². The first-order chi connectivity index (χ1) is 13.3. The largest absolute Gasteiger partial charge is 0.494 e. The van der Waals surface area contributed by atoms with Crippen molar-refractivity contribution in [1.82, 2.24) is 0 Å². The van der Waals surface area contributed by atoms with Crippen molar-refractivity contribution in [1.29, 1.82) is 0 Å². The molecule has 2 aliphatic rings. The van der Waals surface area contributed by atoms with Crippen molar-refractivity contribution in [2.75, 3.05) is 6.61 Å². The van der Waals surface area contributed by atoms with Gasteiger partial charge in [0.05, 0.1) is 12.9 Å². The van der Waals surface area contributed by atoms with E-state index >= 15 is 0 Å². The second-order valence-corrected chi connectivity index (χ2v) is 8.76. The van der Waals surface area contributed by atoms with Gasteiger partial charge in [-0.05, 0) is 106 Å². The van der Waals surface area contributed by atoms with E-state index in [2.05, 4.69) is 31.2 Å². The summed E-state index contributed by atoms with van der Waals surface area (Å²) in [7, 11) is 0. The van der Waals surface area contributed by atoms with Crippen LogP contribution in [0.5, 0.6) is 5.75 Å². The molecular weight excluding hydrogens is 335 g/mol. The van der Waals surface area contributed by atoms with Crippen LogP contribution in [0.25, 0.3) is 0 Å². The van der Waals surface area contributed by atoms with Crippen LogP contribution in [0.1, 0.15) is 89.0 Å². The summed E-state index contributed by atoms with van der Waals surface area (Å²) in [5.41, 5.74) is 1.50. The molecule has 0 radical (unpaired) electrons. The Morgan fingerprint density at radius 2 is 1.56 bits per heavy atom. The second kappa shape index (κ2) is 10.9. The summed E-state index contributed by atoms with van der Waals surface area (Å²) in [6.45, 7) is 3.02. The molecule has 150 valence electrons. The molecule has 2 heteroatoms. The molecule has 0 unspecified atom stereocenters. The lowest BCUT2D eigenvalue weighted by molar-refractivity contribution is 0.160. The average molecular weight is 373 g/mol. The van der Waals surface area contributed by atoms with E-state index in [0.29, 0.717) is 0 Å². The molecule has 0 atom stereocenters. The van der Waals surface area contributed by atoms with Crippen molar-refractivity contribution in [3.8, 4) is 5.75 Å². The molecule has 0 N–H and O–H groups in total. The molecule has 0 amide bonds. The van der Waals surface area contributed by atoms with Gasteiger partial charge >= 0.3 is 0 Å². The normalized spacial score (nSPS) is 29.1. The summed E-state index contributed by atoms with van der Waals surface area (Å²) in [5, 5.41) is 0. The lowest BCUT2D eigenvalue weighted by Crippen LogP contribution is -2.25. The second-order valence-electron chi connectivity index (χ2n) is 8.76. The summed E-state index contributed by atoms with van der Waals surface area (Å²) in [6.07, 6.45) is 16.4. The number of hydrogen-bond donors (Lipinski definition) is 0. The van der Waals surface area contributed by atoms with E-state index in [1.165, 1.54) is 63.4 Å².